The molecule has 0 aliphatic heterocycles. The van der Waals surface area contributed by atoms with Crippen molar-refractivity contribution in [3.8, 4) is 11.4 Å². The lowest BCUT2D eigenvalue weighted by Gasteiger charge is -2.31. The summed E-state index contributed by atoms with van der Waals surface area (Å²) in [6.07, 6.45) is 3.96. The first kappa shape index (κ1) is 26.0. The Bertz CT molecular complexity index is 1160. The molecule has 8 heteroatoms. The van der Waals surface area contributed by atoms with Crippen molar-refractivity contribution in [3.63, 3.8) is 0 Å². The van der Waals surface area contributed by atoms with E-state index in [1.165, 1.54) is 0 Å². The van der Waals surface area contributed by atoms with E-state index < -0.39 is 16.8 Å². The van der Waals surface area contributed by atoms with E-state index in [1.54, 1.807) is 21.6 Å². The van der Waals surface area contributed by atoms with Gasteiger partial charge in [0.15, 0.2) is 4.84 Å². The van der Waals surface area contributed by atoms with Crippen LogP contribution in [-0.4, -0.2) is 38.3 Å². The van der Waals surface area contributed by atoms with Gasteiger partial charge in [0.25, 0.3) is 11.5 Å². The Kier molecular flexibility index (Phi) is 9.36. The average molecular weight is 504 g/mol. The lowest BCUT2D eigenvalue weighted by molar-refractivity contribution is -0.131. The number of fused-ring (bicyclic) bond motifs is 1. The van der Waals surface area contributed by atoms with E-state index in [1.807, 2.05) is 50.2 Å². The standard InChI is InChI=1S/C26H31Cl2N3O3/c1-4-6-7-10-17-30(26(33)23(27)28)18(3)24-29-22-12-9-8-11-21(22)25(32)31(24)19-13-15-20(16-14-19)34-5-2/h8-9,11-16,18,23H,4-7,10,17H2,1-3H3. The van der Waals surface area contributed by atoms with E-state index in [0.717, 1.165) is 25.7 Å². The molecule has 0 N–H and O–H groups in total. The number of para-hydroxylation sites is 1. The van der Waals surface area contributed by atoms with Crippen molar-refractivity contribution < 1.29 is 9.53 Å². The monoisotopic (exact) mass is 503 g/mol. The number of ether oxygens (including phenoxy) is 1. The zero-order valence-corrected chi connectivity index (χ0v) is 21.4. The van der Waals surface area contributed by atoms with Gasteiger partial charge in [0.05, 0.1) is 29.2 Å². The van der Waals surface area contributed by atoms with Crippen LogP contribution < -0.4 is 10.3 Å². The average Bonchev–Trinajstić information content (AvgIpc) is 2.84. The van der Waals surface area contributed by atoms with Gasteiger partial charge in [-0.25, -0.2) is 4.98 Å². The van der Waals surface area contributed by atoms with Gasteiger partial charge >= 0.3 is 0 Å². The molecule has 0 spiro atoms. The van der Waals surface area contributed by atoms with Crippen molar-refractivity contribution in [2.45, 2.75) is 57.3 Å². The van der Waals surface area contributed by atoms with Gasteiger partial charge in [0, 0.05) is 6.54 Å². The second-order valence-electron chi connectivity index (χ2n) is 8.12. The van der Waals surface area contributed by atoms with Crippen LogP contribution in [-0.2, 0) is 4.79 Å². The number of unbranched alkanes of at least 4 members (excludes halogenated alkanes) is 3. The van der Waals surface area contributed by atoms with Crippen molar-refractivity contribution in [1.82, 2.24) is 14.5 Å². The Morgan fingerprint density at radius 3 is 2.41 bits per heavy atom. The van der Waals surface area contributed by atoms with Crippen molar-refractivity contribution in [2.24, 2.45) is 0 Å². The minimum Gasteiger partial charge on any atom is -0.494 e. The SMILES string of the molecule is CCCCCCN(C(=O)C(Cl)Cl)C(C)c1nc2ccccc2c(=O)n1-c1ccc(OCC)cc1. The van der Waals surface area contributed by atoms with Crippen LogP contribution in [0.2, 0.25) is 0 Å². The number of carbonyl (C=O) groups excluding carboxylic acids is 1. The van der Waals surface area contributed by atoms with E-state index in [-0.39, 0.29) is 5.56 Å². The predicted molar refractivity (Wildman–Crippen MR) is 138 cm³/mol. The summed E-state index contributed by atoms with van der Waals surface area (Å²) >= 11 is 12.0. The smallest absolute Gasteiger partial charge is 0.266 e. The van der Waals surface area contributed by atoms with E-state index in [0.29, 0.717) is 41.3 Å². The van der Waals surface area contributed by atoms with Gasteiger partial charge in [-0.15, -0.1) is 0 Å². The molecule has 34 heavy (non-hydrogen) atoms. The van der Waals surface area contributed by atoms with Crippen molar-refractivity contribution >= 4 is 40.0 Å². The third kappa shape index (κ3) is 5.91. The highest BCUT2D eigenvalue weighted by molar-refractivity contribution is 6.53. The number of hydrogen-bond donors (Lipinski definition) is 0. The molecule has 0 bridgehead atoms. The molecule has 1 heterocycles. The molecule has 0 saturated heterocycles. The van der Waals surface area contributed by atoms with Gasteiger partial charge in [-0.1, -0.05) is 61.5 Å². The quantitative estimate of drug-likeness (QED) is 0.235. The molecule has 6 nitrogen and oxygen atoms in total. The van der Waals surface area contributed by atoms with Gasteiger partial charge in [-0.2, -0.15) is 0 Å². The summed E-state index contributed by atoms with van der Waals surface area (Å²) in [6.45, 7) is 6.93. The number of aromatic nitrogens is 2. The summed E-state index contributed by atoms with van der Waals surface area (Å²) < 4.78 is 7.11. The normalized spacial score (nSPS) is 12.2. The molecule has 0 radical (unpaired) electrons. The van der Waals surface area contributed by atoms with E-state index in [9.17, 15) is 9.59 Å². The van der Waals surface area contributed by atoms with Gasteiger partial charge in [0.1, 0.15) is 11.6 Å². The number of rotatable bonds is 11. The first-order valence-electron chi connectivity index (χ1n) is 11.7. The van der Waals surface area contributed by atoms with Crippen LogP contribution in [0, 0.1) is 0 Å². The van der Waals surface area contributed by atoms with Gasteiger partial charge in [0.2, 0.25) is 0 Å². The van der Waals surface area contributed by atoms with E-state index >= 15 is 0 Å². The molecule has 1 unspecified atom stereocenters. The molecule has 2 aromatic carbocycles. The second-order valence-corrected chi connectivity index (χ2v) is 9.22. The van der Waals surface area contributed by atoms with Crippen LogP contribution in [0.25, 0.3) is 16.6 Å². The first-order chi connectivity index (χ1) is 16.4. The molecule has 3 rings (SSSR count). The van der Waals surface area contributed by atoms with Crippen LogP contribution in [0.15, 0.2) is 53.3 Å². The van der Waals surface area contributed by atoms with Crippen LogP contribution in [0.5, 0.6) is 5.75 Å². The minimum atomic E-state index is -1.19. The molecule has 1 atom stereocenters. The van der Waals surface area contributed by atoms with Crippen molar-refractivity contribution in [3.05, 3.63) is 64.7 Å². The second kappa shape index (κ2) is 12.2. The lowest BCUT2D eigenvalue weighted by Crippen LogP contribution is -2.40. The topological polar surface area (TPSA) is 64.4 Å². The Balaban J connectivity index is 2.13. The molecule has 0 aliphatic carbocycles. The molecule has 1 aromatic heterocycles. The Morgan fingerprint density at radius 1 is 1.06 bits per heavy atom. The summed E-state index contributed by atoms with van der Waals surface area (Å²) in [5, 5.41) is 0.501. The number of halogens is 2. The summed E-state index contributed by atoms with van der Waals surface area (Å²) in [5.74, 6) is 0.765. The van der Waals surface area contributed by atoms with Gasteiger partial charge in [-0.3, -0.25) is 14.2 Å². The Morgan fingerprint density at radius 2 is 1.76 bits per heavy atom. The zero-order chi connectivity index (χ0) is 24.7. The highest BCUT2D eigenvalue weighted by Gasteiger charge is 2.29. The largest absolute Gasteiger partial charge is 0.494 e. The van der Waals surface area contributed by atoms with Gasteiger partial charge in [-0.05, 0) is 56.7 Å². The number of alkyl halides is 2. The summed E-state index contributed by atoms with van der Waals surface area (Å²) in [7, 11) is 0. The predicted octanol–water partition coefficient (Wildman–Crippen LogP) is 6.06. The fraction of sp³-hybridized carbons (Fsp3) is 0.423. The highest BCUT2D eigenvalue weighted by atomic mass is 35.5. The fourth-order valence-electron chi connectivity index (χ4n) is 4.01. The van der Waals surface area contributed by atoms with E-state index in [4.69, 9.17) is 32.9 Å². The van der Waals surface area contributed by atoms with Crippen LogP contribution >= 0.6 is 23.2 Å². The third-order valence-electron chi connectivity index (χ3n) is 5.77. The minimum absolute atomic E-state index is 0.205. The van der Waals surface area contributed by atoms with Gasteiger partial charge < -0.3 is 9.64 Å². The number of nitrogens with zero attached hydrogens (tertiary/aromatic N) is 3. The molecule has 3 aromatic rings. The molecular weight excluding hydrogens is 473 g/mol. The summed E-state index contributed by atoms with van der Waals surface area (Å²) in [6, 6.07) is 13.9. The summed E-state index contributed by atoms with van der Waals surface area (Å²) in [5.41, 5.74) is 1.01. The lowest BCUT2D eigenvalue weighted by atomic mass is 10.1. The molecule has 0 saturated carbocycles. The van der Waals surface area contributed by atoms with Crippen LogP contribution in [0.4, 0.5) is 0 Å². The molecule has 182 valence electrons. The third-order valence-corrected chi connectivity index (χ3v) is 6.14. The number of benzene rings is 2. The van der Waals surface area contributed by atoms with E-state index in [2.05, 4.69) is 6.92 Å². The zero-order valence-electron chi connectivity index (χ0n) is 19.8. The molecule has 1 amide bonds. The maximum absolute atomic E-state index is 13.6. The first-order valence-corrected chi connectivity index (χ1v) is 12.6. The maximum Gasteiger partial charge on any atom is 0.266 e. The van der Waals surface area contributed by atoms with Crippen molar-refractivity contribution in [1.29, 1.82) is 0 Å². The maximum atomic E-state index is 13.6. The number of amides is 1. The van der Waals surface area contributed by atoms with Crippen molar-refractivity contribution in [2.75, 3.05) is 13.2 Å². The van der Waals surface area contributed by atoms with Crippen LogP contribution in [0.3, 0.4) is 0 Å². The molecule has 0 aliphatic rings. The summed E-state index contributed by atoms with van der Waals surface area (Å²) in [4.78, 5) is 31.9. The number of carbonyl (C=O) groups is 1. The fourth-order valence-corrected chi connectivity index (χ4v) is 4.26. The Labute approximate surface area is 210 Å². The molecule has 0 fully saturated rings. The van der Waals surface area contributed by atoms with Crippen LogP contribution in [0.1, 0.15) is 58.3 Å². The highest BCUT2D eigenvalue weighted by Crippen LogP contribution is 2.26. The molecular formula is C26H31Cl2N3O3. The Hall–Kier alpha value is -2.57. The number of hydrogen-bond acceptors (Lipinski definition) is 4.